The predicted molar refractivity (Wildman–Crippen MR) is 97.6 cm³/mol. The predicted octanol–water partition coefficient (Wildman–Crippen LogP) is 3.29. The largest absolute Gasteiger partial charge is 0.325 e. The summed E-state index contributed by atoms with van der Waals surface area (Å²) >= 11 is 0. The van der Waals surface area contributed by atoms with E-state index in [9.17, 15) is 0 Å². The van der Waals surface area contributed by atoms with Crippen molar-refractivity contribution < 1.29 is 4.90 Å². The van der Waals surface area contributed by atoms with Gasteiger partial charge in [0.15, 0.2) is 0 Å². The van der Waals surface area contributed by atoms with E-state index >= 15 is 0 Å². The fourth-order valence-corrected chi connectivity index (χ4v) is 3.66. The van der Waals surface area contributed by atoms with Crippen molar-refractivity contribution in [2.24, 2.45) is 0 Å². The molecule has 1 nitrogen and oxygen atoms in total. The smallest absolute Gasteiger partial charge is 0.139 e. The van der Waals surface area contributed by atoms with Crippen molar-refractivity contribution in [2.45, 2.75) is 32.6 Å². The van der Waals surface area contributed by atoms with E-state index in [1.807, 2.05) is 0 Å². The van der Waals surface area contributed by atoms with Crippen LogP contribution < -0.4 is 4.90 Å². The summed E-state index contributed by atoms with van der Waals surface area (Å²) < 4.78 is 0. The Morgan fingerprint density at radius 2 is 1.35 bits per heavy atom. The zero-order valence-electron chi connectivity index (χ0n) is 14.4. The van der Waals surface area contributed by atoms with E-state index in [1.165, 1.54) is 22.3 Å². The summed E-state index contributed by atoms with van der Waals surface area (Å²) in [5.41, 5.74) is 5.61. The van der Waals surface area contributed by atoms with Crippen LogP contribution in [0.1, 0.15) is 38.3 Å². The molecule has 2 aromatic rings. The molecule has 23 heavy (non-hydrogen) atoms. The molecular formula is C22H26N+. The first-order valence-corrected chi connectivity index (χ1v) is 8.69. The van der Waals surface area contributed by atoms with Gasteiger partial charge in [0.2, 0.25) is 0 Å². The van der Waals surface area contributed by atoms with Gasteiger partial charge in [0.25, 0.3) is 0 Å². The van der Waals surface area contributed by atoms with Crippen LogP contribution in [0.2, 0.25) is 0 Å². The van der Waals surface area contributed by atoms with Crippen LogP contribution in [0.25, 0.3) is 11.1 Å². The van der Waals surface area contributed by atoms with E-state index in [-0.39, 0.29) is 5.41 Å². The van der Waals surface area contributed by atoms with E-state index in [0.29, 0.717) is 0 Å². The van der Waals surface area contributed by atoms with Crippen LogP contribution in [0, 0.1) is 11.8 Å². The SMILES string of the molecule is CC[NH+](CC)CC#CCC1(C)c2ccccc2-c2ccccc21. The van der Waals surface area contributed by atoms with Crippen molar-refractivity contribution in [3.8, 4) is 23.0 Å². The fraction of sp³-hybridized carbons (Fsp3) is 0.364. The van der Waals surface area contributed by atoms with Crippen molar-refractivity contribution in [1.29, 1.82) is 0 Å². The summed E-state index contributed by atoms with van der Waals surface area (Å²) in [6, 6.07) is 17.6. The van der Waals surface area contributed by atoms with Crippen molar-refractivity contribution in [3.05, 3.63) is 59.7 Å². The molecule has 1 heteroatoms. The van der Waals surface area contributed by atoms with E-state index in [1.54, 1.807) is 4.90 Å². The van der Waals surface area contributed by atoms with Gasteiger partial charge in [-0.3, -0.25) is 0 Å². The Morgan fingerprint density at radius 3 is 1.87 bits per heavy atom. The van der Waals surface area contributed by atoms with Gasteiger partial charge in [0, 0.05) is 11.8 Å². The van der Waals surface area contributed by atoms with Gasteiger partial charge in [-0.2, -0.15) is 0 Å². The average molecular weight is 304 g/mol. The molecule has 2 aromatic carbocycles. The normalized spacial score (nSPS) is 14.1. The molecule has 0 fully saturated rings. The van der Waals surface area contributed by atoms with Gasteiger partial charge in [0.1, 0.15) is 6.54 Å². The molecule has 0 atom stereocenters. The highest BCUT2D eigenvalue weighted by Crippen LogP contribution is 2.50. The molecule has 0 aromatic heterocycles. The lowest BCUT2D eigenvalue weighted by atomic mass is 9.77. The summed E-state index contributed by atoms with van der Waals surface area (Å²) in [5, 5.41) is 0. The van der Waals surface area contributed by atoms with Gasteiger partial charge in [-0.15, -0.1) is 0 Å². The zero-order valence-corrected chi connectivity index (χ0v) is 14.4. The maximum absolute atomic E-state index is 3.48. The minimum absolute atomic E-state index is 0.0127. The number of nitrogens with one attached hydrogen (secondary N) is 1. The highest BCUT2D eigenvalue weighted by molar-refractivity contribution is 5.80. The molecule has 0 aliphatic heterocycles. The number of fused-ring (bicyclic) bond motifs is 3. The summed E-state index contributed by atoms with van der Waals surface area (Å²) in [4.78, 5) is 1.55. The van der Waals surface area contributed by atoms with Crippen LogP contribution in [0.4, 0.5) is 0 Å². The zero-order chi connectivity index (χ0) is 16.3. The summed E-state index contributed by atoms with van der Waals surface area (Å²) in [5.74, 6) is 6.89. The Balaban J connectivity index is 1.91. The Morgan fingerprint density at radius 1 is 0.826 bits per heavy atom. The number of hydrogen-bond acceptors (Lipinski definition) is 0. The van der Waals surface area contributed by atoms with Gasteiger partial charge >= 0.3 is 0 Å². The first-order valence-electron chi connectivity index (χ1n) is 8.69. The molecule has 0 unspecified atom stereocenters. The lowest BCUT2D eigenvalue weighted by Gasteiger charge is -2.24. The molecule has 0 radical (unpaired) electrons. The number of benzene rings is 2. The highest BCUT2D eigenvalue weighted by atomic mass is 15.1. The molecule has 1 N–H and O–H groups in total. The van der Waals surface area contributed by atoms with Crippen molar-refractivity contribution in [2.75, 3.05) is 19.6 Å². The van der Waals surface area contributed by atoms with Crippen LogP contribution in [-0.2, 0) is 5.41 Å². The van der Waals surface area contributed by atoms with E-state index in [2.05, 4.69) is 81.1 Å². The van der Waals surface area contributed by atoms with Crippen LogP contribution in [-0.4, -0.2) is 19.6 Å². The summed E-state index contributed by atoms with van der Waals surface area (Å²) in [6.45, 7) is 10.0. The van der Waals surface area contributed by atoms with Crippen LogP contribution in [0.3, 0.4) is 0 Å². The molecule has 0 heterocycles. The third-order valence-electron chi connectivity index (χ3n) is 5.24. The molecule has 0 saturated heterocycles. The van der Waals surface area contributed by atoms with Crippen LogP contribution >= 0.6 is 0 Å². The second-order valence-electron chi connectivity index (χ2n) is 6.59. The van der Waals surface area contributed by atoms with Crippen LogP contribution in [0.5, 0.6) is 0 Å². The summed E-state index contributed by atoms with van der Waals surface area (Å²) in [7, 11) is 0. The maximum Gasteiger partial charge on any atom is 0.139 e. The van der Waals surface area contributed by atoms with Crippen molar-refractivity contribution >= 4 is 0 Å². The molecule has 1 aliphatic rings. The van der Waals surface area contributed by atoms with Gasteiger partial charge in [-0.05, 0) is 42.0 Å². The second-order valence-corrected chi connectivity index (χ2v) is 6.59. The topological polar surface area (TPSA) is 4.44 Å². The molecule has 0 amide bonds. The number of hydrogen-bond donors (Lipinski definition) is 1. The standard InChI is InChI=1S/C22H25N/c1-4-23(5-2)17-11-10-16-22(3)20-14-8-6-12-18(20)19-13-7-9-15-21(19)22/h6-9,12-15H,4-5,16-17H2,1-3H3/p+1. The molecule has 0 bridgehead atoms. The van der Waals surface area contributed by atoms with Gasteiger partial charge in [-0.1, -0.05) is 61.4 Å². The van der Waals surface area contributed by atoms with E-state index in [4.69, 9.17) is 0 Å². The first-order chi connectivity index (χ1) is 11.2. The third kappa shape index (κ3) is 2.80. The van der Waals surface area contributed by atoms with Gasteiger partial charge < -0.3 is 4.90 Å². The average Bonchev–Trinajstić information content (AvgIpc) is 2.86. The molecule has 0 saturated carbocycles. The number of quaternary nitrogens is 1. The Kier molecular flexibility index (Phi) is 4.55. The third-order valence-corrected chi connectivity index (χ3v) is 5.24. The van der Waals surface area contributed by atoms with Gasteiger partial charge in [-0.25, -0.2) is 0 Å². The van der Waals surface area contributed by atoms with E-state index < -0.39 is 0 Å². The van der Waals surface area contributed by atoms with Crippen LogP contribution in [0.15, 0.2) is 48.5 Å². The minimum Gasteiger partial charge on any atom is -0.325 e. The van der Waals surface area contributed by atoms with Gasteiger partial charge in [0.05, 0.1) is 13.1 Å². The quantitative estimate of drug-likeness (QED) is 0.827. The Hall–Kier alpha value is -2.04. The molecule has 0 spiro atoms. The minimum atomic E-state index is 0.0127. The molecule has 3 rings (SSSR count). The first kappa shape index (κ1) is 15.8. The fourth-order valence-electron chi connectivity index (χ4n) is 3.66. The summed E-state index contributed by atoms with van der Waals surface area (Å²) in [6.07, 6.45) is 0.891. The molecular weight excluding hydrogens is 278 g/mol. The Bertz CT molecular complexity index is 698. The molecule has 118 valence electrons. The Labute approximate surface area is 140 Å². The second kappa shape index (κ2) is 6.60. The van der Waals surface area contributed by atoms with Crippen molar-refractivity contribution in [3.63, 3.8) is 0 Å². The monoisotopic (exact) mass is 304 g/mol. The number of rotatable bonds is 4. The lowest BCUT2D eigenvalue weighted by molar-refractivity contribution is -0.889. The maximum atomic E-state index is 3.48. The lowest BCUT2D eigenvalue weighted by Crippen LogP contribution is -3.11. The van der Waals surface area contributed by atoms with Crippen molar-refractivity contribution in [1.82, 2.24) is 0 Å². The highest BCUT2D eigenvalue weighted by Gasteiger charge is 2.38. The van der Waals surface area contributed by atoms with E-state index in [0.717, 1.165) is 26.1 Å². The molecule has 1 aliphatic carbocycles.